The summed E-state index contributed by atoms with van der Waals surface area (Å²) in [6, 6.07) is 7.62. The van der Waals surface area contributed by atoms with Gasteiger partial charge in [-0.2, -0.15) is 0 Å². The van der Waals surface area contributed by atoms with Gasteiger partial charge in [-0.3, -0.25) is 0 Å². The number of rotatable bonds is 14. The Morgan fingerprint density at radius 2 is 1.11 bits per heavy atom. The van der Waals surface area contributed by atoms with Crippen LogP contribution < -0.4 is 14.3 Å². The summed E-state index contributed by atoms with van der Waals surface area (Å²) in [4.78, 5) is 20.1. The van der Waals surface area contributed by atoms with Crippen molar-refractivity contribution in [3.63, 3.8) is 0 Å². The molecule has 0 aliphatic heterocycles. The Labute approximate surface area is 172 Å². The molecule has 1 aromatic carbocycles. The van der Waals surface area contributed by atoms with E-state index < -0.39 is 7.82 Å². The van der Waals surface area contributed by atoms with Crippen LogP contribution in [-0.2, 0) is 4.57 Å². The fourth-order valence-corrected chi connectivity index (χ4v) is 3.64. The van der Waals surface area contributed by atoms with Crippen LogP contribution in [0.1, 0.15) is 79.1 Å². The van der Waals surface area contributed by atoms with E-state index in [2.05, 4.69) is 32.2 Å². The highest BCUT2D eigenvalue weighted by Gasteiger charge is 2.24. The zero-order chi connectivity index (χ0) is 21.3. The quantitative estimate of drug-likeness (QED) is 0.321. The highest BCUT2D eigenvalue weighted by atomic mass is 31.2. The number of phosphoric acid groups is 1. The minimum Gasteiger partial charge on any atom is -0.780 e. The lowest BCUT2D eigenvalue weighted by atomic mass is 10.1. The topological polar surface area (TPSA) is 72.4 Å². The smallest absolute Gasteiger partial charge is 0.124 e. The summed E-state index contributed by atoms with van der Waals surface area (Å²) >= 11 is 0. The fraction of sp³-hybridized carbons (Fsp3) is 0.727. The Kier molecular flexibility index (Phi) is 15.5. The first-order valence-corrected chi connectivity index (χ1v) is 12.4. The lowest BCUT2D eigenvalue weighted by Crippen LogP contribution is -2.50. The maximum Gasteiger partial charge on any atom is 0.124 e. The van der Waals surface area contributed by atoms with Crippen molar-refractivity contribution < 1.29 is 23.4 Å². The minimum atomic E-state index is -4.89. The van der Waals surface area contributed by atoms with Crippen LogP contribution >= 0.6 is 7.82 Å². The van der Waals surface area contributed by atoms with Gasteiger partial charge in [-0.1, -0.05) is 71.6 Å². The molecule has 0 spiro atoms. The van der Waals surface area contributed by atoms with Crippen LogP contribution in [0.4, 0.5) is 0 Å². The molecule has 1 rings (SSSR count). The van der Waals surface area contributed by atoms with Gasteiger partial charge in [0.05, 0.1) is 26.2 Å². The first-order valence-electron chi connectivity index (χ1n) is 10.9. The van der Waals surface area contributed by atoms with Gasteiger partial charge in [0.1, 0.15) is 13.6 Å². The number of nitrogens with zero attached hydrogens (tertiary/aromatic N) is 1. The second-order valence-electron chi connectivity index (χ2n) is 7.50. The highest BCUT2D eigenvalue weighted by Crippen LogP contribution is 2.28. The van der Waals surface area contributed by atoms with E-state index in [0.29, 0.717) is 0 Å². The van der Waals surface area contributed by atoms with Crippen molar-refractivity contribution in [1.29, 1.82) is 0 Å². The Morgan fingerprint density at radius 1 is 0.750 bits per heavy atom. The number of para-hydroxylation sites is 1. The lowest BCUT2D eigenvalue weighted by molar-refractivity contribution is -0.929. The van der Waals surface area contributed by atoms with Crippen LogP contribution in [0.2, 0.25) is 0 Å². The summed E-state index contributed by atoms with van der Waals surface area (Å²) in [7, 11) is -4.89. The third-order valence-electron chi connectivity index (χ3n) is 4.90. The molecule has 0 amide bonds. The van der Waals surface area contributed by atoms with E-state index in [1.807, 2.05) is 0 Å². The molecule has 0 heterocycles. The van der Waals surface area contributed by atoms with Crippen molar-refractivity contribution in [3.8, 4) is 5.75 Å². The molecule has 0 atom stereocenters. The summed E-state index contributed by atoms with van der Waals surface area (Å²) in [6.07, 6.45) is 11.1. The predicted octanol–water partition coefficient (Wildman–Crippen LogP) is 4.90. The van der Waals surface area contributed by atoms with E-state index >= 15 is 0 Å². The molecule has 0 aromatic heterocycles. The van der Waals surface area contributed by atoms with Crippen molar-refractivity contribution in [3.05, 3.63) is 30.3 Å². The Hall–Kier alpha value is -0.870. The molecule has 0 saturated heterocycles. The van der Waals surface area contributed by atoms with Gasteiger partial charge in [0.25, 0.3) is 0 Å². The molecule has 1 aromatic rings. The molecule has 0 fully saturated rings. The number of benzene rings is 1. The first kappa shape index (κ1) is 27.1. The van der Waals surface area contributed by atoms with Crippen molar-refractivity contribution >= 4 is 7.82 Å². The molecule has 0 radical (unpaired) electrons. The summed E-state index contributed by atoms with van der Waals surface area (Å²) in [5.74, 6) is 0.0424. The van der Waals surface area contributed by atoms with Crippen LogP contribution in [-0.4, -0.2) is 30.7 Å². The van der Waals surface area contributed by atoms with Gasteiger partial charge in [-0.25, -0.2) is 0 Å². The zero-order valence-corrected chi connectivity index (χ0v) is 19.3. The zero-order valence-electron chi connectivity index (χ0n) is 18.4. The Balaban J connectivity index is 0.000000567. The second kappa shape index (κ2) is 16.0. The van der Waals surface area contributed by atoms with Gasteiger partial charge < -0.3 is 23.4 Å². The van der Waals surface area contributed by atoms with E-state index in [0.717, 1.165) is 0 Å². The molecule has 6 heteroatoms. The molecule has 28 heavy (non-hydrogen) atoms. The van der Waals surface area contributed by atoms with Gasteiger partial charge in [0.15, 0.2) is 0 Å². The number of unbranched alkanes of at least 4 members (excludes halogenated alkanes) is 4. The van der Waals surface area contributed by atoms with Crippen molar-refractivity contribution in [2.45, 2.75) is 79.1 Å². The molecule has 164 valence electrons. The number of hydrogen-bond donors (Lipinski definition) is 0. The van der Waals surface area contributed by atoms with Crippen LogP contribution in [0.15, 0.2) is 30.3 Å². The van der Waals surface area contributed by atoms with Crippen molar-refractivity contribution in [1.82, 2.24) is 0 Å². The number of phosphoric ester groups is 1. The highest BCUT2D eigenvalue weighted by molar-refractivity contribution is 7.43. The fourth-order valence-electron chi connectivity index (χ4n) is 3.26. The van der Waals surface area contributed by atoms with E-state index in [1.165, 1.54) is 94.2 Å². The SMILES string of the molecule is CCCC[N+](CCCC)(CCCC)CCCC.O=P([O-])([O-])Oc1ccccc1. The van der Waals surface area contributed by atoms with Crippen LogP contribution in [0.5, 0.6) is 5.75 Å². The predicted molar refractivity (Wildman–Crippen MR) is 114 cm³/mol. The normalized spacial score (nSPS) is 11.6. The molecule has 0 bridgehead atoms. The number of hydrogen-bond acceptors (Lipinski definition) is 4. The molecule has 0 saturated carbocycles. The van der Waals surface area contributed by atoms with E-state index in [-0.39, 0.29) is 5.75 Å². The maximum atomic E-state index is 10.1. The van der Waals surface area contributed by atoms with Crippen LogP contribution in [0, 0.1) is 0 Å². The molecule has 0 N–H and O–H groups in total. The molecule has 0 aliphatic rings. The summed E-state index contributed by atoms with van der Waals surface area (Å²) in [6.45, 7) is 15.0. The van der Waals surface area contributed by atoms with Gasteiger partial charge in [-0.15, -0.1) is 0 Å². The molecule has 0 unspecified atom stereocenters. The Bertz CT molecular complexity index is 481. The third kappa shape index (κ3) is 14.2. The molecular weight excluding hydrogens is 373 g/mol. The third-order valence-corrected chi connectivity index (χ3v) is 5.34. The summed E-state index contributed by atoms with van der Waals surface area (Å²) in [5, 5.41) is 0. The van der Waals surface area contributed by atoms with Gasteiger partial charge in [0, 0.05) is 0 Å². The maximum absolute atomic E-state index is 10.1. The molecular formula is C22H41NO4P-. The van der Waals surface area contributed by atoms with Crippen LogP contribution in [0.25, 0.3) is 0 Å². The first-order chi connectivity index (χ1) is 13.3. The second-order valence-corrected chi connectivity index (χ2v) is 8.58. The van der Waals surface area contributed by atoms with Gasteiger partial charge >= 0.3 is 0 Å². The summed E-state index contributed by atoms with van der Waals surface area (Å²) < 4.78 is 15.5. The van der Waals surface area contributed by atoms with E-state index in [1.54, 1.807) is 18.2 Å². The van der Waals surface area contributed by atoms with Gasteiger partial charge in [0.2, 0.25) is 0 Å². The van der Waals surface area contributed by atoms with E-state index in [4.69, 9.17) is 0 Å². The van der Waals surface area contributed by atoms with Crippen molar-refractivity contribution in [2.75, 3.05) is 26.2 Å². The Morgan fingerprint density at radius 3 is 1.39 bits per heavy atom. The van der Waals surface area contributed by atoms with E-state index in [9.17, 15) is 14.4 Å². The lowest BCUT2D eigenvalue weighted by Gasteiger charge is -2.39. The van der Waals surface area contributed by atoms with Gasteiger partial charge in [-0.05, 0) is 37.8 Å². The van der Waals surface area contributed by atoms with Crippen LogP contribution in [0.3, 0.4) is 0 Å². The largest absolute Gasteiger partial charge is 0.780 e. The monoisotopic (exact) mass is 414 g/mol. The average molecular weight is 415 g/mol. The van der Waals surface area contributed by atoms with Crippen molar-refractivity contribution in [2.24, 2.45) is 0 Å². The minimum absolute atomic E-state index is 0.0424. The molecule has 5 nitrogen and oxygen atoms in total. The summed E-state index contributed by atoms with van der Waals surface area (Å²) in [5.41, 5.74) is 0. The average Bonchev–Trinajstić information content (AvgIpc) is 2.67. The molecule has 0 aliphatic carbocycles. The number of quaternary nitrogens is 1. The standard InChI is InChI=1S/C16H36N.C6H7O4P/c1-5-9-13-17(14-10-6-2,15-11-7-3)16-12-8-4;7-11(8,9)10-6-4-2-1-3-5-6/h5-16H2,1-4H3;1-5H,(H2,7,8,9)/q+1;/p-2.